The summed E-state index contributed by atoms with van der Waals surface area (Å²) in [7, 11) is 0. The first-order valence-electron chi connectivity index (χ1n) is 8.10. The van der Waals surface area contributed by atoms with E-state index in [9.17, 15) is 0 Å². The summed E-state index contributed by atoms with van der Waals surface area (Å²) in [6.45, 7) is 12.0. The molecule has 1 heterocycles. The van der Waals surface area contributed by atoms with Gasteiger partial charge in [-0.15, -0.1) is 0 Å². The Kier molecular flexibility index (Phi) is 4.12. The number of ether oxygens (including phenoxy) is 1. The molecule has 3 aromatic rings. The molecular formula is C20H24N2O. The predicted octanol–water partition coefficient (Wildman–Crippen LogP) is 4.66. The molecule has 0 radical (unpaired) electrons. The van der Waals surface area contributed by atoms with Gasteiger partial charge in [0, 0.05) is 0 Å². The van der Waals surface area contributed by atoms with Crippen molar-refractivity contribution in [2.45, 2.75) is 41.2 Å². The fourth-order valence-electron chi connectivity index (χ4n) is 2.99. The molecule has 0 fully saturated rings. The van der Waals surface area contributed by atoms with E-state index in [1.165, 1.54) is 27.8 Å². The number of hydrogen-bond donors (Lipinski definition) is 0. The van der Waals surface area contributed by atoms with E-state index in [0.29, 0.717) is 6.61 Å². The SMILES string of the molecule is Cc1ccc(OCCn2c(C)nc3cc(C)c(C)cc32)c(C)c1. The number of aryl methyl sites for hydroxylation is 5. The Morgan fingerprint density at radius 1 is 0.913 bits per heavy atom. The average Bonchev–Trinajstić information content (AvgIpc) is 2.77. The first kappa shape index (κ1) is 15.6. The normalized spacial score (nSPS) is 11.2. The third kappa shape index (κ3) is 3.09. The van der Waals surface area contributed by atoms with Gasteiger partial charge in [0.15, 0.2) is 0 Å². The van der Waals surface area contributed by atoms with E-state index in [4.69, 9.17) is 4.74 Å². The molecular weight excluding hydrogens is 284 g/mol. The lowest BCUT2D eigenvalue weighted by atomic mass is 10.1. The lowest BCUT2D eigenvalue weighted by Gasteiger charge is -2.12. The summed E-state index contributed by atoms with van der Waals surface area (Å²) in [6, 6.07) is 10.7. The van der Waals surface area contributed by atoms with Gasteiger partial charge in [-0.05, 0) is 69.5 Å². The van der Waals surface area contributed by atoms with Crippen LogP contribution in [0, 0.1) is 34.6 Å². The molecule has 2 aromatic carbocycles. The van der Waals surface area contributed by atoms with E-state index in [2.05, 4.69) is 74.5 Å². The molecule has 0 aliphatic rings. The minimum atomic E-state index is 0.642. The van der Waals surface area contributed by atoms with Gasteiger partial charge in [-0.3, -0.25) is 0 Å². The lowest BCUT2D eigenvalue weighted by Crippen LogP contribution is -2.10. The van der Waals surface area contributed by atoms with E-state index in [0.717, 1.165) is 23.6 Å². The van der Waals surface area contributed by atoms with Gasteiger partial charge in [0.25, 0.3) is 0 Å². The topological polar surface area (TPSA) is 27.1 Å². The van der Waals surface area contributed by atoms with Crippen molar-refractivity contribution in [3.8, 4) is 5.75 Å². The maximum atomic E-state index is 5.97. The van der Waals surface area contributed by atoms with Gasteiger partial charge < -0.3 is 9.30 Å². The van der Waals surface area contributed by atoms with Gasteiger partial charge in [-0.1, -0.05) is 17.7 Å². The van der Waals surface area contributed by atoms with Crippen LogP contribution >= 0.6 is 0 Å². The molecule has 23 heavy (non-hydrogen) atoms. The quantitative estimate of drug-likeness (QED) is 0.701. The second-order valence-electron chi connectivity index (χ2n) is 6.35. The van der Waals surface area contributed by atoms with Crippen LogP contribution in [-0.2, 0) is 6.54 Å². The van der Waals surface area contributed by atoms with E-state index in [1.807, 2.05) is 0 Å². The number of benzene rings is 2. The fraction of sp³-hybridized carbons (Fsp3) is 0.350. The Bertz CT molecular complexity index is 862. The van der Waals surface area contributed by atoms with Gasteiger partial charge in [-0.25, -0.2) is 4.98 Å². The number of imidazole rings is 1. The van der Waals surface area contributed by atoms with Crippen LogP contribution in [0.3, 0.4) is 0 Å². The molecule has 0 saturated carbocycles. The maximum absolute atomic E-state index is 5.97. The summed E-state index contributed by atoms with van der Waals surface area (Å²) in [5.74, 6) is 2.00. The Morgan fingerprint density at radius 2 is 1.65 bits per heavy atom. The Hall–Kier alpha value is -2.29. The first-order chi connectivity index (χ1) is 11.0. The molecule has 3 nitrogen and oxygen atoms in total. The number of aromatic nitrogens is 2. The van der Waals surface area contributed by atoms with Gasteiger partial charge in [0.05, 0.1) is 17.6 Å². The highest BCUT2D eigenvalue weighted by Gasteiger charge is 2.09. The summed E-state index contributed by atoms with van der Waals surface area (Å²) in [5.41, 5.74) is 7.29. The number of hydrogen-bond acceptors (Lipinski definition) is 2. The van der Waals surface area contributed by atoms with Crippen molar-refractivity contribution < 1.29 is 4.74 Å². The highest BCUT2D eigenvalue weighted by atomic mass is 16.5. The molecule has 0 unspecified atom stereocenters. The molecule has 120 valence electrons. The van der Waals surface area contributed by atoms with Crippen LogP contribution in [0.25, 0.3) is 11.0 Å². The van der Waals surface area contributed by atoms with E-state index in [1.54, 1.807) is 0 Å². The van der Waals surface area contributed by atoms with Crippen molar-refractivity contribution >= 4 is 11.0 Å². The molecule has 0 aliphatic heterocycles. The second kappa shape index (κ2) is 6.07. The smallest absolute Gasteiger partial charge is 0.122 e. The van der Waals surface area contributed by atoms with Gasteiger partial charge in [0.1, 0.15) is 18.2 Å². The maximum Gasteiger partial charge on any atom is 0.122 e. The van der Waals surface area contributed by atoms with Crippen LogP contribution in [0.5, 0.6) is 5.75 Å². The second-order valence-corrected chi connectivity index (χ2v) is 6.35. The molecule has 0 spiro atoms. The first-order valence-corrected chi connectivity index (χ1v) is 8.10. The van der Waals surface area contributed by atoms with Crippen LogP contribution in [0.2, 0.25) is 0 Å². The molecule has 0 amide bonds. The minimum Gasteiger partial charge on any atom is -0.491 e. The number of rotatable bonds is 4. The van der Waals surface area contributed by atoms with Crippen LogP contribution < -0.4 is 4.74 Å². The summed E-state index contributed by atoms with van der Waals surface area (Å²) < 4.78 is 8.22. The Labute approximate surface area is 137 Å². The predicted molar refractivity (Wildman–Crippen MR) is 95.4 cm³/mol. The molecule has 0 aliphatic carbocycles. The largest absolute Gasteiger partial charge is 0.491 e. The fourth-order valence-corrected chi connectivity index (χ4v) is 2.99. The average molecular weight is 308 g/mol. The van der Waals surface area contributed by atoms with Crippen LogP contribution in [0.15, 0.2) is 30.3 Å². The van der Waals surface area contributed by atoms with Crippen LogP contribution in [0.1, 0.15) is 28.1 Å². The molecule has 0 saturated heterocycles. The number of fused-ring (bicyclic) bond motifs is 1. The summed E-state index contributed by atoms with van der Waals surface area (Å²) in [5, 5.41) is 0. The summed E-state index contributed by atoms with van der Waals surface area (Å²) >= 11 is 0. The van der Waals surface area contributed by atoms with Gasteiger partial charge in [0.2, 0.25) is 0 Å². The van der Waals surface area contributed by atoms with Crippen molar-refractivity contribution in [3.63, 3.8) is 0 Å². The van der Waals surface area contributed by atoms with Gasteiger partial charge >= 0.3 is 0 Å². The molecule has 1 aromatic heterocycles. The van der Waals surface area contributed by atoms with Crippen LogP contribution in [-0.4, -0.2) is 16.2 Å². The highest BCUT2D eigenvalue weighted by molar-refractivity contribution is 5.78. The van der Waals surface area contributed by atoms with Gasteiger partial charge in [-0.2, -0.15) is 0 Å². The lowest BCUT2D eigenvalue weighted by molar-refractivity contribution is 0.297. The molecule has 0 N–H and O–H groups in total. The standard InChI is InChI=1S/C20H24N2O/c1-13-6-7-20(16(4)10-13)23-9-8-22-17(5)21-18-11-14(2)15(3)12-19(18)22/h6-7,10-12H,8-9H2,1-5H3. The zero-order valence-electron chi connectivity index (χ0n) is 14.6. The number of nitrogens with zero attached hydrogens (tertiary/aromatic N) is 2. The third-order valence-corrected chi connectivity index (χ3v) is 4.46. The zero-order valence-corrected chi connectivity index (χ0v) is 14.6. The molecule has 3 rings (SSSR count). The summed E-state index contributed by atoms with van der Waals surface area (Å²) in [4.78, 5) is 4.68. The Balaban J connectivity index is 1.79. The third-order valence-electron chi connectivity index (χ3n) is 4.46. The van der Waals surface area contributed by atoms with Crippen LogP contribution in [0.4, 0.5) is 0 Å². The highest BCUT2D eigenvalue weighted by Crippen LogP contribution is 2.22. The summed E-state index contributed by atoms with van der Waals surface area (Å²) in [6.07, 6.45) is 0. The molecule has 3 heteroatoms. The zero-order chi connectivity index (χ0) is 16.6. The molecule has 0 atom stereocenters. The monoisotopic (exact) mass is 308 g/mol. The van der Waals surface area contributed by atoms with Crippen molar-refractivity contribution in [3.05, 3.63) is 58.4 Å². The van der Waals surface area contributed by atoms with Crippen molar-refractivity contribution in [2.75, 3.05) is 6.61 Å². The molecule has 0 bridgehead atoms. The van der Waals surface area contributed by atoms with E-state index >= 15 is 0 Å². The minimum absolute atomic E-state index is 0.642. The van der Waals surface area contributed by atoms with Crippen molar-refractivity contribution in [2.24, 2.45) is 0 Å². The van der Waals surface area contributed by atoms with E-state index < -0.39 is 0 Å². The van der Waals surface area contributed by atoms with Crippen molar-refractivity contribution in [1.82, 2.24) is 9.55 Å². The van der Waals surface area contributed by atoms with E-state index in [-0.39, 0.29) is 0 Å². The Morgan fingerprint density at radius 3 is 2.39 bits per heavy atom. The van der Waals surface area contributed by atoms with Crippen molar-refractivity contribution in [1.29, 1.82) is 0 Å².